The van der Waals surface area contributed by atoms with Crippen LogP contribution in [-0.2, 0) is 6.54 Å². The minimum atomic E-state index is -0.102. The van der Waals surface area contributed by atoms with E-state index in [-0.39, 0.29) is 11.9 Å². The Morgan fingerprint density at radius 1 is 0.886 bits per heavy atom. The molecule has 35 heavy (non-hydrogen) atoms. The summed E-state index contributed by atoms with van der Waals surface area (Å²) in [4.78, 5) is 15.9. The monoisotopic (exact) mass is 474 g/mol. The van der Waals surface area contributed by atoms with E-state index in [2.05, 4.69) is 52.7 Å². The molecule has 2 bridgehead atoms. The van der Waals surface area contributed by atoms with Gasteiger partial charge in [0.05, 0.1) is 21.3 Å². The van der Waals surface area contributed by atoms with Gasteiger partial charge in [-0.05, 0) is 60.2 Å². The highest BCUT2D eigenvalue weighted by atomic mass is 16.5. The summed E-state index contributed by atoms with van der Waals surface area (Å²) in [6.07, 6.45) is 5.57. The van der Waals surface area contributed by atoms with Crippen molar-refractivity contribution in [2.75, 3.05) is 21.3 Å². The summed E-state index contributed by atoms with van der Waals surface area (Å²) >= 11 is 0. The number of hydrogen-bond acceptors (Lipinski definition) is 5. The number of rotatable bonds is 7. The molecule has 2 aliphatic heterocycles. The maximum Gasteiger partial charge on any atom is 0.251 e. The van der Waals surface area contributed by atoms with Gasteiger partial charge in [0.25, 0.3) is 5.91 Å². The minimum Gasteiger partial charge on any atom is -0.493 e. The highest BCUT2D eigenvalue weighted by Gasteiger charge is 2.38. The van der Waals surface area contributed by atoms with Gasteiger partial charge in [0.1, 0.15) is 0 Å². The van der Waals surface area contributed by atoms with Gasteiger partial charge in [0.15, 0.2) is 11.5 Å². The zero-order valence-corrected chi connectivity index (χ0v) is 20.8. The van der Waals surface area contributed by atoms with Gasteiger partial charge in [-0.3, -0.25) is 9.69 Å². The molecule has 0 radical (unpaired) electrons. The van der Waals surface area contributed by atoms with Crippen LogP contribution in [0.15, 0.2) is 54.6 Å². The molecule has 0 spiro atoms. The van der Waals surface area contributed by atoms with Crippen LogP contribution in [0.2, 0.25) is 0 Å². The first kappa shape index (κ1) is 23.5. The third kappa shape index (κ3) is 4.80. The Morgan fingerprint density at radius 3 is 2.17 bits per heavy atom. The van der Waals surface area contributed by atoms with Crippen LogP contribution >= 0.6 is 0 Å². The number of ether oxygens (including phenoxy) is 3. The largest absolute Gasteiger partial charge is 0.493 e. The molecule has 184 valence electrons. The molecule has 3 atom stereocenters. The third-order valence-electron chi connectivity index (χ3n) is 7.57. The number of methoxy groups -OCH3 is 3. The number of piperidine rings is 2. The lowest BCUT2D eigenvalue weighted by molar-refractivity contribution is 0.0177. The Hall–Kier alpha value is -3.25. The molecule has 1 amide bonds. The number of amides is 1. The Balaban J connectivity index is 1.29. The van der Waals surface area contributed by atoms with Crippen LogP contribution in [0.25, 0.3) is 10.8 Å². The number of hydrogen-bond donors (Lipinski definition) is 1. The zero-order chi connectivity index (χ0) is 24.4. The van der Waals surface area contributed by atoms with Gasteiger partial charge in [-0.15, -0.1) is 0 Å². The van der Waals surface area contributed by atoms with Crippen LogP contribution in [0.1, 0.15) is 48.0 Å². The van der Waals surface area contributed by atoms with Crippen molar-refractivity contribution in [1.29, 1.82) is 0 Å². The molecule has 0 aliphatic carbocycles. The summed E-state index contributed by atoms with van der Waals surface area (Å²) < 4.78 is 16.2. The summed E-state index contributed by atoms with van der Waals surface area (Å²) in [7, 11) is 4.68. The summed E-state index contributed by atoms with van der Waals surface area (Å²) in [5.74, 6) is 1.36. The van der Waals surface area contributed by atoms with Gasteiger partial charge < -0.3 is 19.5 Å². The van der Waals surface area contributed by atoms with E-state index in [9.17, 15) is 4.79 Å². The molecule has 1 N–H and O–H groups in total. The lowest BCUT2D eigenvalue weighted by atomic mass is 9.81. The Bertz CT molecular complexity index is 1170. The van der Waals surface area contributed by atoms with Gasteiger partial charge in [-0.25, -0.2) is 0 Å². The van der Waals surface area contributed by atoms with Gasteiger partial charge in [0, 0.05) is 30.2 Å². The molecule has 3 aromatic rings. The van der Waals surface area contributed by atoms with Crippen molar-refractivity contribution in [2.45, 2.75) is 56.8 Å². The quantitative estimate of drug-likeness (QED) is 0.511. The van der Waals surface area contributed by atoms with Crippen LogP contribution in [0.3, 0.4) is 0 Å². The number of carbonyl (C=O) groups excluding carboxylic acids is 1. The Labute approximate surface area is 207 Å². The summed E-state index contributed by atoms with van der Waals surface area (Å²) in [6, 6.07) is 19.9. The summed E-state index contributed by atoms with van der Waals surface area (Å²) in [5.41, 5.74) is 1.88. The van der Waals surface area contributed by atoms with Crippen molar-refractivity contribution < 1.29 is 19.0 Å². The van der Waals surface area contributed by atoms with Gasteiger partial charge in [-0.2, -0.15) is 0 Å². The normalized spacial score (nSPS) is 22.0. The number of benzene rings is 3. The summed E-state index contributed by atoms with van der Waals surface area (Å²) in [5, 5.41) is 5.87. The molecule has 6 nitrogen and oxygen atoms in total. The van der Waals surface area contributed by atoms with E-state index in [4.69, 9.17) is 14.2 Å². The van der Waals surface area contributed by atoms with Crippen molar-refractivity contribution in [1.82, 2.24) is 10.2 Å². The predicted octanol–water partition coefficient (Wildman–Crippen LogP) is 5.18. The van der Waals surface area contributed by atoms with E-state index in [1.807, 2.05) is 0 Å². The lowest BCUT2D eigenvalue weighted by Crippen LogP contribution is -2.56. The Morgan fingerprint density at radius 2 is 1.54 bits per heavy atom. The molecular formula is C29H34N2O4. The van der Waals surface area contributed by atoms with Gasteiger partial charge in [0.2, 0.25) is 5.75 Å². The van der Waals surface area contributed by atoms with Crippen LogP contribution < -0.4 is 19.5 Å². The van der Waals surface area contributed by atoms with Crippen LogP contribution in [0.5, 0.6) is 17.2 Å². The molecule has 0 aromatic heterocycles. The molecule has 5 rings (SSSR count). The first-order valence-corrected chi connectivity index (χ1v) is 12.4. The van der Waals surface area contributed by atoms with Gasteiger partial charge >= 0.3 is 0 Å². The second kappa shape index (κ2) is 10.2. The molecule has 3 aromatic carbocycles. The smallest absolute Gasteiger partial charge is 0.251 e. The fourth-order valence-corrected chi connectivity index (χ4v) is 5.88. The lowest BCUT2D eigenvalue weighted by Gasteiger charge is -2.49. The van der Waals surface area contributed by atoms with Crippen molar-refractivity contribution in [3.63, 3.8) is 0 Å². The van der Waals surface area contributed by atoms with Crippen molar-refractivity contribution in [3.05, 3.63) is 65.7 Å². The van der Waals surface area contributed by atoms with Crippen LogP contribution in [0.4, 0.5) is 0 Å². The second-order valence-electron chi connectivity index (χ2n) is 9.65. The SMILES string of the molecule is COc1cc(C(=O)NC2C[C@H]3CCC[C@@H](C2)N3Cc2ccc3ccccc3c2)cc(OC)c1OC. The maximum absolute atomic E-state index is 13.2. The molecule has 2 heterocycles. The first-order valence-electron chi connectivity index (χ1n) is 12.4. The topological polar surface area (TPSA) is 60.0 Å². The van der Waals surface area contributed by atoms with Crippen molar-refractivity contribution in [2.24, 2.45) is 0 Å². The predicted molar refractivity (Wildman–Crippen MR) is 138 cm³/mol. The molecule has 2 fully saturated rings. The Kier molecular flexibility index (Phi) is 6.82. The average Bonchev–Trinajstić information content (AvgIpc) is 2.88. The fraction of sp³-hybridized carbons (Fsp3) is 0.414. The van der Waals surface area contributed by atoms with Crippen LogP contribution in [0, 0.1) is 0 Å². The van der Waals surface area contributed by atoms with Crippen molar-refractivity contribution in [3.8, 4) is 17.2 Å². The standard InChI is InChI=1S/C29H34N2O4/c1-33-26-14-22(15-27(34-2)28(26)35-3)29(32)30-23-16-24-9-6-10-25(17-23)31(24)18-19-11-12-20-7-4-5-8-21(20)13-19/h4-5,7-8,11-15,23-25H,6,9-10,16-18H2,1-3H3,(H,30,32)/t23?,24-,25+. The van der Waals surface area contributed by atoms with Crippen molar-refractivity contribution >= 4 is 16.7 Å². The maximum atomic E-state index is 13.2. The fourth-order valence-electron chi connectivity index (χ4n) is 5.88. The number of nitrogens with one attached hydrogen (secondary N) is 1. The van der Waals surface area contributed by atoms with E-state index in [0.717, 1.165) is 19.4 Å². The zero-order valence-electron chi connectivity index (χ0n) is 20.8. The van der Waals surface area contributed by atoms with Gasteiger partial charge in [-0.1, -0.05) is 42.8 Å². The van der Waals surface area contributed by atoms with E-state index in [0.29, 0.717) is 34.9 Å². The van der Waals surface area contributed by atoms with E-state index in [1.165, 1.54) is 35.6 Å². The highest BCUT2D eigenvalue weighted by Crippen LogP contribution is 2.39. The minimum absolute atomic E-state index is 0.102. The number of fused-ring (bicyclic) bond motifs is 3. The number of nitrogens with zero attached hydrogens (tertiary/aromatic N) is 1. The van der Waals surface area contributed by atoms with Crippen LogP contribution in [-0.4, -0.2) is 50.3 Å². The molecule has 2 saturated heterocycles. The highest BCUT2D eigenvalue weighted by molar-refractivity contribution is 5.95. The van der Waals surface area contributed by atoms with E-state index >= 15 is 0 Å². The number of carbonyl (C=O) groups is 1. The van der Waals surface area contributed by atoms with E-state index < -0.39 is 0 Å². The third-order valence-corrected chi connectivity index (χ3v) is 7.57. The first-order chi connectivity index (χ1) is 17.1. The molecule has 2 aliphatic rings. The molecule has 1 unspecified atom stereocenters. The molecule has 6 heteroatoms. The summed E-state index contributed by atoms with van der Waals surface area (Å²) in [6.45, 7) is 0.966. The second-order valence-corrected chi connectivity index (χ2v) is 9.65. The molecular weight excluding hydrogens is 440 g/mol. The molecule has 0 saturated carbocycles. The average molecular weight is 475 g/mol. The van der Waals surface area contributed by atoms with E-state index in [1.54, 1.807) is 33.5 Å².